The Morgan fingerprint density at radius 3 is 2.32 bits per heavy atom. The van der Waals surface area contributed by atoms with Crippen molar-refractivity contribution >= 4 is 5.91 Å². The summed E-state index contributed by atoms with van der Waals surface area (Å²) >= 11 is 0. The second-order valence-corrected chi connectivity index (χ2v) is 7.51. The van der Waals surface area contributed by atoms with Gasteiger partial charge in [0.05, 0.1) is 6.54 Å². The van der Waals surface area contributed by atoms with Crippen molar-refractivity contribution in [3.05, 3.63) is 0 Å². The van der Waals surface area contributed by atoms with Crippen LogP contribution in [0.1, 0.15) is 39.0 Å². The molecule has 4 saturated carbocycles. The highest BCUT2D eigenvalue weighted by molar-refractivity contribution is 5.79. The van der Waals surface area contributed by atoms with E-state index >= 15 is 0 Å². The molecular formula is C16H26N2O. The summed E-state index contributed by atoms with van der Waals surface area (Å²) in [6.07, 6.45) is 7.36. The molecule has 3 nitrogen and oxygen atoms in total. The lowest BCUT2D eigenvalue weighted by atomic mass is 9.50. The van der Waals surface area contributed by atoms with E-state index in [0.29, 0.717) is 18.5 Å². The fourth-order valence-electron chi connectivity index (χ4n) is 6.01. The minimum Gasteiger partial charge on any atom is -0.337 e. The smallest absolute Gasteiger partial charge is 0.236 e. The molecule has 0 radical (unpaired) electrons. The van der Waals surface area contributed by atoms with Crippen LogP contribution in [0.4, 0.5) is 0 Å². The summed E-state index contributed by atoms with van der Waals surface area (Å²) in [4.78, 5) is 14.3. The molecule has 0 spiro atoms. The summed E-state index contributed by atoms with van der Waals surface area (Å²) in [6, 6.07) is 0.476. The van der Waals surface area contributed by atoms with Crippen molar-refractivity contribution in [3.63, 3.8) is 0 Å². The van der Waals surface area contributed by atoms with Gasteiger partial charge in [0.15, 0.2) is 0 Å². The Balaban J connectivity index is 1.53. The molecule has 1 heterocycles. The number of hydrogen-bond donors (Lipinski definition) is 1. The Kier molecular flexibility index (Phi) is 2.87. The second kappa shape index (κ2) is 4.47. The Morgan fingerprint density at radius 2 is 1.74 bits per heavy atom. The number of carbonyl (C=O) groups excluding carboxylic acids is 1. The summed E-state index contributed by atoms with van der Waals surface area (Å²) in [7, 11) is 0. The van der Waals surface area contributed by atoms with Crippen LogP contribution in [0.15, 0.2) is 0 Å². The van der Waals surface area contributed by atoms with Crippen LogP contribution < -0.4 is 5.32 Å². The predicted octanol–water partition coefficient (Wildman–Crippen LogP) is 1.88. The minimum absolute atomic E-state index is 0.326. The standard InChI is InChI=1S/C16H26N2O/c1-10(18-3-2-17-9-15(18)19)16-13-5-11-4-12(7-13)8-14(16)6-11/h10-14,16-17H,2-9H2,1H3. The fraction of sp³-hybridized carbons (Fsp3) is 0.938. The predicted molar refractivity (Wildman–Crippen MR) is 74.6 cm³/mol. The van der Waals surface area contributed by atoms with Gasteiger partial charge in [0.25, 0.3) is 0 Å². The van der Waals surface area contributed by atoms with Gasteiger partial charge in [-0.15, -0.1) is 0 Å². The normalized spacial score (nSPS) is 46.7. The molecule has 1 N–H and O–H groups in total. The molecule has 1 saturated heterocycles. The first-order chi connectivity index (χ1) is 9.22. The van der Waals surface area contributed by atoms with Gasteiger partial charge in [0, 0.05) is 19.1 Å². The Hall–Kier alpha value is -0.570. The highest BCUT2D eigenvalue weighted by Crippen LogP contribution is 2.57. The molecule has 5 fully saturated rings. The lowest BCUT2D eigenvalue weighted by Gasteiger charge is -2.57. The van der Waals surface area contributed by atoms with Gasteiger partial charge >= 0.3 is 0 Å². The van der Waals surface area contributed by atoms with Gasteiger partial charge in [0.2, 0.25) is 5.91 Å². The maximum Gasteiger partial charge on any atom is 0.236 e. The zero-order valence-electron chi connectivity index (χ0n) is 12.0. The summed E-state index contributed by atoms with van der Waals surface area (Å²) < 4.78 is 0. The number of hydrogen-bond acceptors (Lipinski definition) is 2. The fourth-order valence-corrected chi connectivity index (χ4v) is 6.01. The van der Waals surface area contributed by atoms with Crippen LogP contribution in [0.2, 0.25) is 0 Å². The van der Waals surface area contributed by atoms with Crippen LogP contribution in [-0.2, 0) is 4.79 Å². The van der Waals surface area contributed by atoms with Crippen LogP contribution in [0.25, 0.3) is 0 Å². The number of carbonyl (C=O) groups is 1. The summed E-state index contributed by atoms with van der Waals surface area (Å²) in [5.74, 6) is 5.04. The monoisotopic (exact) mass is 262 g/mol. The van der Waals surface area contributed by atoms with Crippen molar-refractivity contribution in [2.75, 3.05) is 19.6 Å². The molecule has 3 heteroatoms. The SMILES string of the molecule is CC(C1C2CC3CC(C2)CC1C3)N1CCNCC1=O. The van der Waals surface area contributed by atoms with E-state index in [9.17, 15) is 4.79 Å². The third-order valence-electron chi connectivity index (χ3n) is 6.47. The third kappa shape index (κ3) is 1.93. The molecule has 0 aromatic heterocycles. The van der Waals surface area contributed by atoms with Crippen molar-refractivity contribution in [2.24, 2.45) is 29.6 Å². The molecular weight excluding hydrogens is 236 g/mol. The van der Waals surface area contributed by atoms with Gasteiger partial charge in [-0.25, -0.2) is 0 Å². The van der Waals surface area contributed by atoms with E-state index < -0.39 is 0 Å². The van der Waals surface area contributed by atoms with Crippen LogP contribution >= 0.6 is 0 Å². The van der Waals surface area contributed by atoms with E-state index in [4.69, 9.17) is 0 Å². The highest BCUT2D eigenvalue weighted by atomic mass is 16.2. The van der Waals surface area contributed by atoms with E-state index in [1.165, 1.54) is 32.1 Å². The van der Waals surface area contributed by atoms with Crippen LogP contribution in [0, 0.1) is 29.6 Å². The maximum atomic E-state index is 12.1. The molecule has 0 aromatic carbocycles. The molecule has 5 rings (SSSR count). The molecule has 0 aromatic rings. The van der Waals surface area contributed by atoms with E-state index in [1.807, 2.05) is 0 Å². The molecule has 1 aliphatic heterocycles. The molecule has 106 valence electrons. The second-order valence-electron chi connectivity index (χ2n) is 7.51. The van der Waals surface area contributed by atoms with Crippen LogP contribution in [0.3, 0.4) is 0 Å². The average Bonchev–Trinajstić information content (AvgIpc) is 2.37. The lowest BCUT2D eigenvalue weighted by molar-refractivity contribution is -0.140. The Bertz CT molecular complexity index is 353. The topological polar surface area (TPSA) is 32.3 Å². The summed E-state index contributed by atoms with van der Waals surface area (Å²) in [6.45, 7) is 4.78. The summed E-state index contributed by atoms with van der Waals surface area (Å²) in [5, 5.41) is 3.20. The first kappa shape index (κ1) is 12.2. The minimum atomic E-state index is 0.326. The van der Waals surface area contributed by atoms with E-state index in [2.05, 4.69) is 17.1 Å². The first-order valence-electron chi connectivity index (χ1n) is 8.22. The van der Waals surface area contributed by atoms with Gasteiger partial charge in [-0.1, -0.05) is 0 Å². The lowest BCUT2D eigenvalue weighted by Crippen LogP contribution is -2.58. The molecule has 5 aliphatic rings. The quantitative estimate of drug-likeness (QED) is 0.824. The van der Waals surface area contributed by atoms with Crippen molar-refractivity contribution < 1.29 is 4.79 Å². The van der Waals surface area contributed by atoms with E-state index in [1.54, 1.807) is 0 Å². The Morgan fingerprint density at radius 1 is 1.11 bits per heavy atom. The first-order valence-corrected chi connectivity index (χ1v) is 8.22. The van der Waals surface area contributed by atoms with E-state index in [0.717, 1.165) is 42.7 Å². The Labute approximate surface area is 116 Å². The largest absolute Gasteiger partial charge is 0.337 e. The van der Waals surface area contributed by atoms with Gasteiger partial charge in [-0.05, 0) is 68.6 Å². The van der Waals surface area contributed by atoms with Crippen LogP contribution in [0.5, 0.6) is 0 Å². The zero-order chi connectivity index (χ0) is 13.0. The highest BCUT2D eigenvalue weighted by Gasteiger charge is 2.50. The number of rotatable bonds is 2. The number of nitrogens with one attached hydrogen (secondary N) is 1. The summed E-state index contributed by atoms with van der Waals surface area (Å²) in [5.41, 5.74) is 0. The van der Waals surface area contributed by atoms with Gasteiger partial charge in [-0.3, -0.25) is 4.79 Å². The van der Waals surface area contributed by atoms with Gasteiger partial charge in [0.1, 0.15) is 0 Å². The van der Waals surface area contributed by atoms with Crippen LogP contribution in [-0.4, -0.2) is 36.5 Å². The molecule has 4 aliphatic carbocycles. The number of amides is 1. The number of piperazine rings is 1. The maximum absolute atomic E-state index is 12.1. The number of nitrogens with zero attached hydrogens (tertiary/aromatic N) is 1. The third-order valence-corrected chi connectivity index (χ3v) is 6.47. The average molecular weight is 262 g/mol. The molecule has 4 bridgehead atoms. The molecule has 1 atom stereocenters. The van der Waals surface area contributed by atoms with Crippen molar-refractivity contribution in [2.45, 2.75) is 45.1 Å². The van der Waals surface area contributed by atoms with Gasteiger partial charge < -0.3 is 10.2 Å². The molecule has 19 heavy (non-hydrogen) atoms. The van der Waals surface area contributed by atoms with Crippen molar-refractivity contribution in [3.8, 4) is 0 Å². The van der Waals surface area contributed by atoms with Crippen molar-refractivity contribution in [1.82, 2.24) is 10.2 Å². The van der Waals surface area contributed by atoms with Crippen molar-refractivity contribution in [1.29, 1.82) is 0 Å². The molecule has 1 amide bonds. The van der Waals surface area contributed by atoms with E-state index in [-0.39, 0.29) is 0 Å². The van der Waals surface area contributed by atoms with Gasteiger partial charge in [-0.2, -0.15) is 0 Å². The molecule has 1 unspecified atom stereocenters. The zero-order valence-corrected chi connectivity index (χ0v) is 12.0.